The van der Waals surface area contributed by atoms with Gasteiger partial charge in [-0.05, 0) is 6.42 Å². The van der Waals surface area contributed by atoms with Crippen LogP contribution in [0.3, 0.4) is 0 Å². The normalized spacial score (nSPS) is 10.6. The van der Waals surface area contributed by atoms with Gasteiger partial charge >= 0.3 is 0 Å². The maximum Gasteiger partial charge on any atom is 0.0287 e. The van der Waals surface area contributed by atoms with Gasteiger partial charge in [0, 0.05) is 10.2 Å². The number of rotatable bonds is 1. The molecule has 0 bridgehead atoms. The summed E-state index contributed by atoms with van der Waals surface area (Å²) < 4.78 is 0. The minimum atomic E-state index is 1.20. The fourth-order valence-electron chi connectivity index (χ4n) is 0.236. The van der Waals surface area contributed by atoms with E-state index in [1.807, 2.05) is 0 Å². The largest absolute Gasteiger partial charge is 0.109 e. The molecule has 1 heteroatoms. The predicted molar refractivity (Wildman–Crippen MR) is 29.4 cm³/mol. The molecule has 0 saturated carbocycles. The number of hydrogen-bond donors (Lipinski definition) is 0. The molecule has 0 aromatic rings. The van der Waals surface area contributed by atoms with Gasteiger partial charge in [0.15, 0.2) is 0 Å². The number of hydrogen-bond acceptors (Lipinski definition) is 0. The third-order valence-electron chi connectivity index (χ3n) is 0.471. The molecule has 5 heavy (non-hydrogen) atoms. The Bertz CT molecular complexity index is 30.6. The quantitative estimate of drug-likeness (QED) is 0.402. The summed E-state index contributed by atoms with van der Waals surface area (Å²) in [6.07, 6.45) is 3.38. The fourth-order valence-corrected chi connectivity index (χ4v) is 0.707. The maximum absolute atomic E-state index is 2.19. The van der Waals surface area contributed by atoms with Crippen LogP contribution in [0.25, 0.3) is 0 Å². The summed E-state index contributed by atoms with van der Waals surface area (Å²) in [4.78, 5) is 0. The second-order valence-corrected chi connectivity index (χ2v) is 1.64. The highest BCUT2D eigenvalue weighted by Crippen LogP contribution is 1.71. The molecule has 0 aromatic carbocycles. The second kappa shape index (κ2) is 3.96. The van der Waals surface area contributed by atoms with E-state index in [2.05, 4.69) is 18.7 Å². The Balaban J connectivity index is 2.62. The second-order valence-electron chi connectivity index (χ2n) is 0.977. The van der Waals surface area contributed by atoms with E-state index in [1.165, 1.54) is 16.7 Å². The molecule has 0 saturated heterocycles. The van der Waals surface area contributed by atoms with Crippen molar-refractivity contribution in [1.29, 1.82) is 0 Å². The number of allylic oxidation sites excluding steroid dienone is 1. The SMILES string of the molecule is CC/C=C/[SiH3]. The van der Waals surface area contributed by atoms with Crippen molar-refractivity contribution in [1.82, 2.24) is 0 Å². The van der Waals surface area contributed by atoms with Crippen molar-refractivity contribution in [2.75, 3.05) is 0 Å². The van der Waals surface area contributed by atoms with Crippen LogP contribution in [0.2, 0.25) is 0 Å². The summed E-state index contributed by atoms with van der Waals surface area (Å²) in [7, 11) is 1.22. The van der Waals surface area contributed by atoms with Crippen LogP contribution in [0, 0.1) is 0 Å². The molecular weight excluding hydrogens is 76.1 g/mol. The van der Waals surface area contributed by atoms with Crippen molar-refractivity contribution >= 4 is 10.2 Å². The first-order chi connectivity index (χ1) is 2.41. The van der Waals surface area contributed by atoms with Crippen molar-refractivity contribution in [2.24, 2.45) is 0 Å². The zero-order valence-electron chi connectivity index (χ0n) is 3.86. The Morgan fingerprint density at radius 1 is 1.80 bits per heavy atom. The molecule has 0 fully saturated rings. The Morgan fingerprint density at radius 2 is 2.40 bits per heavy atom. The van der Waals surface area contributed by atoms with E-state index >= 15 is 0 Å². The van der Waals surface area contributed by atoms with Crippen LogP contribution in [0.1, 0.15) is 13.3 Å². The van der Waals surface area contributed by atoms with Crippen LogP contribution >= 0.6 is 0 Å². The minimum absolute atomic E-state index is 1.20. The van der Waals surface area contributed by atoms with Crippen molar-refractivity contribution in [3.63, 3.8) is 0 Å². The predicted octanol–water partition coefficient (Wildman–Crippen LogP) is 0.275. The van der Waals surface area contributed by atoms with Gasteiger partial charge in [0.25, 0.3) is 0 Å². The zero-order valence-corrected chi connectivity index (χ0v) is 5.86. The fraction of sp³-hybridized carbons (Fsp3) is 0.500. The van der Waals surface area contributed by atoms with E-state index in [1.54, 1.807) is 0 Å². The van der Waals surface area contributed by atoms with E-state index in [4.69, 9.17) is 0 Å². The van der Waals surface area contributed by atoms with E-state index in [0.29, 0.717) is 0 Å². The lowest BCUT2D eigenvalue weighted by atomic mass is 10.5. The summed E-state index contributed by atoms with van der Waals surface area (Å²) in [6.45, 7) is 2.15. The summed E-state index contributed by atoms with van der Waals surface area (Å²) in [5, 5.41) is 0. The third-order valence-corrected chi connectivity index (χ3v) is 0.943. The van der Waals surface area contributed by atoms with Crippen molar-refractivity contribution in [3.05, 3.63) is 11.8 Å². The lowest BCUT2D eigenvalue weighted by molar-refractivity contribution is 1.23. The Labute approximate surface area is 36.3 Å². The van der Waals surface area contributed by atoms with Crippen molar-refractivity contribution < 1.29 is 0 Å². The molecule has 0 aliphatic carbocycles. The van der Waals surface area contributed by atoms with E-state index in [0.717, 1.165) is 0 Å². The van der Waals surface area contributed by atoms with Gasteiger partial charge in [-0.3, -0.25) is 0 Å². The Morgan fingerprint density at radius 3 is 2.40 bits per heavy atom. The molecule has 0 radical (unpaired) electrons. The molecule has 0 aliphatic heterocycles. The molecule has 0 atom stereocenters. The van der Waals surface area contributed by atoms with Crippen LogP contribution in [-0.4, -0.2) is 10.2 Å². The smallest absolute Gasteiger partial charge is 0.0287 e. The highest BCUT2D eigenvalue weighted by molar-refractivity contribution is 6.16. The maximum atomic E-state index is 2.19. The van der Waals surface area contributed by atoms with E-state index in [-0.39, 0.29) is 0 Å². The van der Waals surface area contributed by atoms with Gasteiger partial charge in [0.1, 0.15) is 0 Å². The van der Waals surface area contributed by atoms with Crippen LogP contribution in [0.15, 0.2) is 11.8 Å². The molecule has 0 N–H and O–H groups in total. The molecule has 0 amide bonds. The van der Waals surface area contributed by atoms with Crippen molar-refractivity contribution in [3.8, 4) is 0 Å². The van der Waals surface area contributed by atoms with Crippen LogP contribution < -0.4 is 0 Å². The first-order valence-electron chi connectivity index (χ1n) is 2.03. The van der Waals surface area contributed by atoms with Crippen LogP contribution in [0.4, 0.5) is 0 Å². The average molecular weight is 86.2 g/mol. The molecule has 0 spiro atoms. The van der Waals surface area contributed by atoms with E-state index in [9.17, 15) is 0 Å². The Kier molecular flexibility index (Phi) is 3.92. The summed E-state index contributed by atoms with van der Waals surface area (Å²) in [5.41, 5.74) is 2.19. The first-order valence-corrected chi connectivity index (χ1v) is 3.18. The topological polar surface area (TPSA) is 0 Å². The van der Waals surface area contributed by atoms with Gasteiger partial charge in [-0.25, -0.2) is 0 Å². The van der Waals surface area contributed by atoms with E-state index < -0.39 is 0 Å². The highest BCUT2D eigenvalue weighted by atomic mass is 28.1. The molecule has 0 unspecified atom stereocenters. The van der Waals surface area contributed by atoms with Gasteiger partial charge < -0.3 is 0 Å². The van der Waals surface area contributed by atoms with Gasteiger partial charge in [0.2, 0.25) is 0 Å². The summed E-state index contributed by atoms with van der Waals surface area (Å²) >= 11 is 0. The minimum Gasteiger partial charge on any atom is -0.109 e. The summed E-state index contributed by atoms with van der Waals surface area (Å²) in [6, 6.07) is 0. The average Bonchev–Trinajstić information content (AvgIpc) is 1.41. The van der Waals surface area contributed by atoms with Crippen molar-refractivity contribution in [2.45, 2.75) is 13.3 Å². The van der Waals surface area contributed by atoms with Gasteiger partial charge in [-0.2, -0.15) is 0 Å². The van der Waals surface area contributed by atoms with Crippen LogP contribution in [0.5, 0.6) is 0 Å². The van der Waals surface area contributed by atoms with Crippen LogP contribution in [-0.2, 0) is 0 Å². The molecule has 0 aromatic heterocycles. The molecule has 30 valence electrons. The van der Waals surface area contributed by atoms with Gasteiger partial charge in [-0.15, -0.1) is 5.70 Å². The van der Waals surface area contributed by atoms with Gasteiger partial charge in [0.05, 0.1) is 0 Å². The lowest BCUT2D eigenvalue weighted by Crippen LogP contribution is -1.49. The lowest BCUT2D eigenvalue weighted by Gasteiger charge is -1.65. The van der Waals surface area contributed by atoms with Gasteiger partial charge in [-0.1, -0.05) is 13.0 Å². The monoisotopic (exact) mass is 86.1 g/mol. The molecule has 0 rings (SSSR count). The third kappa shape index (κ3) is 3.96. The first kappa shape index (κ1) is 4.96. The zero-order chi connectivity index (χ0) is 4.12. The highest BCUT2D eigenvalue weighted by Gasteiger charge is 1.52. The Hall–Kier alpha value is -0.0431. The summed E-state index contributed by atoms with van der Waals surface area (Å²) in [5.74, 6) is 0. The molecule has 0 nitrogen and oxygen atoms in total. The standard InChI is InChI=1S/C4H10Si/c1-2-3-4-5/h3-4H,2H2,1,5H3/b4-3+. The molecular formula is C4H10Si. The molecule has 0 heterocycles. The molecule has 0 aliphatic rings.